The first-order valence-electron chi connectivity index (χ1n) is 10.0. The molecule has 1 N–H and O–H groups in total. The van der Waals surface area contributed by atoms with Gasteiger partial charge < -0.3 is 24.1 Å². The van der Waals surface area contributed by atoms with Crippen molar-refractivity contribution in [1.82, 2.24) is 0 Å². The van der Waals surface area contributed by atoms with Crippen molar-refractivity contribution in [3.05, 3.63) is 23.8 Å². The first-order chi connectivity index (χ1) is 13.2. The van der Waals surface area contributed by atoms with Gasteiger partial charge in [-0.15, -0.1) is 0 Å². The van der Waals surface area contributed by atoms with Crippen molar-refractivity contribution in [3.8, 4) is 11.5 Å². The molecule has 150 valence electrons. The standard InChI is InChI=1S/C21H30O6/c1-2-3-10-26-20-12-15(21(22)23)6-8-18(20)25-11-4-9-24-14-16-5-7-17-13-19(16)27-17/h6,8,12,16-17,19H,2-5,7,9-11,13-14H2,1H3,(H,22,23). The third-order valence-electron chi connectivity index (χ3n) is 5.22. The van der Waals surface area contributed by atoms with Gasteiger partial charge in [0, 0.05) is 25.4 Å². The molecule has 27 heavy (non-hydrogen) atoms. The summed E-state index contributed by atoms with van der Waals surface area (Å²) in [5.41, 5.74) is 0.199. The van der Waals surface area contributed by atoms with Crippen molar-refractivity contribution < 1.29 is 28.8 Å². The highest BCUT2D eigenvalue weighted by Gasteiger charge is 2.40. The second kappa shape index (κ2) is 9.95. The maximum Gasteiger partial charge on any atom is 0.335 e. The van der Waals surface area contributed by atoms with E-state index < -0.39 is 5.97 Å². The number of benzene rings is 1. The summed E-state index contributed by atoms with van der Waals surface area (Å²) in [5, 5.41) is 9.15. The molecule has 1 aliphatic carbocycles. The van der Waals surface area contributed by atoms with Gasteiger partial charge in [0.25, 0.3) is 0 Å². The van der Waals surface area contributed by atoms with Gasteiger partial charge >= 0.3 is 5.97 Å². The van der Waals surface area contributed by atoms with Crippen LogP contribution < -0.4 is 9.47 Å². The van der Waals surface area contributed by atoms with E-state index in [1.807, 2.05) is 0 Å². The van der Waals surface area contributed by atoms with Gasteiger partial charge in [0.05, 0.1) is 37.6 Å². The van der Waals surface area contributed by atoms with Crippen LogP contribution in [0.15, 0.2) is 18.2 Å². The summed E-state index contributed by atoms with van der Waals surface area (Å²) < 4.78 is 23.1. The van der Waals surface area contributed by atoms with Gasteiger partial charge in [0.2, 0.25) is 0 Å². The zero-order chi connectivity index (χ0) is 19.1. The number of aromatic carboxylic acids is 1. The first kappa shape index (κ1) is 20.0. The van der Waals surface area contributed by atoms with Gasteiger partial charge in [0.1, 0.15) is 0 Å². The minimum Gasteiger partial charge on any atom is -0.490 e. The summed E-state index contributed by atoms with van der Waals surface area (Å²) in [6.07, 6.45) is 7.20. The molecule has 1 aromatic rings. The lowest BCUT2D eigenvalue weighted by molar-refractivity contribution is -0.195. The van der Waals surface area contributed by atoms with Crippen LogP contribution in [0.1, 0.15) is 55.8 Å². The molecule has 3 fully saturated rings. The average molecular weight is 378 g/mol. The minimum absolute atomic E-state index is 0.199. The molecule has 1 aromatic carbocycles. The fraction of sp³-hybridized carbons (Fsp3) is 0.667. The van der Waals surface area contributed by atoms with Crippen molar-refractivity contribution >= 4 is 5.97 Å². The molecule has 0 amide bonds. The summed E-state index contributed by atoms with van der Waals surface area (Å²) >= 11 is 0. The Labute approximate surface area is 160 Å². The molecule has 3 atom stereocenters. The molecule has 6 heteroatoms. The minimum atomic E-state index is -0.972. The Kier molecular flexibility index (Phi) is 7.35. The fourth-order valence-corrected chi connectivity index (χ4v) is 3.54. The summed E-state index contributed by atoms with van der Waals surface area (Å²) in [4.78, 5) is 11.2. The number of carboxylic acid groups (broad SMARTS) is 1. The lowest BCUT2D eigenvalue weighted by atomic mass is 9.80. The van der Waals surface area contributed by atoms with Gasteiger partial charge in [-0.3, -0.25) is 0 Å². The summed E-state index contributed by atoms with van der Waals surface area (Å²) in [7, 11) is 0. The molecule has 2 saturated heterocycles. The SMILES string of the molecule is CCCCOc1cc(C(=O)O)ccc1OCCCOCC1CCC2CC1O2. The zero-order valence-corrected chi connectivity index (χ0v) is 16.0. The smallest absolute Gasteiger partial charge is 0.335 e. The molecular weight excluding hydrogens is 348 g/mol. The van der Waals surface area contributed by atoms with E-state index in [1.165, 1.54) is 31.4 Å². The van der Waals surface area contributed by atoms with E-state index in [-0.39, 0.29) is 5.56 Å². The quantitative estimate of drug-likeness (QED) is 0.556. The van der Waals surface area contributed by atoms with Gasteiger partial charge in [0.15, 0.2) is 11.5 Å². The lowest BCUT2D eigenvalue weighted by Gasteiger charge is -2.46. The second-order valence-electron chi connectivity index (χ2n) is 7.32. The molecule has 0 aromatic heterocycles. The number of unbranched alkanes of at least 4 members (excludes halogenated alkanes) is 1. The van der Waals surface area contributed by atoms with Crippen LogP contribution >= 0.6 is 0 Å². The average Bonchev–Trinajstić information content (AvgIpc) is 2.65. The van der Waals surface area contributed by atoms with E-state index in [4.69, 9.17) is 24.1 Å². The zero-order valence-electron chi connectivity index (χ0n) is 16.0. The summed E-state index contributed by atoms with van der Waals surface area (Å²) in [6.45, 7) is 4.53. The van der Waals surface area contributed by atoms with Gasteiger partial charge in [-0.05, 0) is 37.5 Å². The third-order valence-corrected chi connectivity index (χ3v) is 5.22. The molecule has 2 bridgehead atoms. The molecule has 3 unspecified atom stereocenters. The van der Waals surface area contributed by atoms with E-state index in [2.05, 4.69) is 6.92 Å². The lowest BCUT2D eigenvalue weighted by Crippen LogP contribution is -2.48. The Bertz CT molecular complexity index is 608. The first-order valence-corrected chi connectivity index (χ1v) is 10.0. The van der Waals surface area contributed by atoms with Crippen LogP contribution in [0.2, 0.25) is 0 Å². The van der Waals surface area contributed by atoms with Crippen molar-refractivity contribution in [3.63, 3.8) is 0 Å². The number of hydrogen-bond acceptors (Lipinski definition) is 5. The van der Waals surface area contributed by atoms with Gasteiger partial charge in [-0.25, -0.2) is 4.79 Å². The largest absolute Gasteiger partial charge is 0.490 e. The number of rotatable bonds is 12. The fourth-order valence-electron chi connectivity index (χ4n) is 3.54. The second-order valence-corrected chi connectivity index (χ2v) is 7.32. The summed E-state index contributed by atoms with van der Waals surface area (Å²) in [5.74, 6) is 0.637. The van der Waals surface area contributed by atoms with Crippen LogP contribution in [0.5, 0.6) is 11.5 Å². The molecule has 4 rings (SSSR count). The van der Waals surface area contributed by atoms with Crippen LogP contribution in [0.4, 0.5) is 0 Å². The Balaban J connectivity index is 1.38. The van der Waals surface area contributed by atoms with Crippen LogP contribution in [0.3, 0.4) is 0 Å². The third kappa shape index (κ3) is 5.59. The Morgan fingerprint density at radius 2 is 1.93 bits per heavy atom. The van der Waals surface area contributed by atoms with Gasteiger partial charge in [-0.2, -0.15) is 0 Å². The Morgan fingerprint density at radius 3 is 2.63 bits per heavy atom. The molecular formula is C21H30O6. The van der Waals surface area contributed by atoms with Crippen molar-refractivity contribution in [1.29, 1.82) is 0 Å². The number of ether oxygens (including phenoxy) is 4. The molecule has 0 spiro atoms. The molecule has 2 heterocycles. The molecule has 3 aliphatic rings. The van der Waals surface area contributed by atoms with Crippen molar-refractivity contribution in [2.45, 2.75) is 57.7 Å². The van der Waals surface area contributed by atoms with Crippen LogP contribution in [-0.2, 0) is 9.47 Å². The van der Waals surface area contributed by atoms with E-state index >= 15 is 0 Å². The molecule has 6 nitrogen and oxygen atoms in total. The number of fused-ring (bicyclic) bond motifs is 2. The highest BCUT2D eigenvalue weighted by atomic mass is 16.5. The molecule has 2 aliphatic heterocycles. The van der Waals surface area contributed by atoms with Crippen molar-refractivity contribution in [2.75, 3.05) is 26.4 Å². The van der Waals surface area contributed by atoms with Crippen molar-refractivity contribution in [2.24, 2.45) is 5.92 Å². The van der Waals surface area contributed by atoms with Crippen LogP contribution in [0.25, 0.3) is 0 Å². The van der Waals surface area contributed by atoms with E-state index in [0.29, 0.717) is 49.4 Å². The molecule has 0 radical (unpaired) electrons. The topological polar surface area (TPSA) is 74.2 Å². The van der Waals surface area contributed by atoms with E-state index in [9.17, 15) is 4.79 Å². The normalized spacial score (nSPS) is 23.5. The van der Waals surface area contributed by atoms with E-state index in [0.717, 1.165) is 25.9 Å². The number of hydrogen-bond donors (Lipinski definition) is 1. The van der Waals surface area contributed by atoms with E-state index in [1.54, 1.807) is 6.07 Å². The Hall–Kier alpha value is -1.79. The van der Waals surface area contributed by atoms with Crippen LogP contribution in [-0.4, -0.2) is 49.7 Å². The van der Waals surface area contributed by atoms with Crippen LogP contribution in [0, 0.1) is 5.92 Å². The monoisotopic (exact) mass is 378 g/mol. The Morgan fingerprint density at radius 1 is 1.15 bits per heavy atom. The number of carboxylic acids is 1. The van der Waals surface area contributed by atoms with Gasteiger partial charge in [-0.1, -0.05) is 13.3 Å². The maximum atomic E-state index is 11.2. The predicted octanol–water partition coefficient (Wildman–Crippen LogP) is 3.92. The maximum absolute atomic E-state index is 11.2. The summed E-state index contributed by atoms with van der Waals surface area (Å²) in [6, 6.07) is 4.73. The number of carbonyl (C=O) groups is 1. The highest BCUT2D eigenvalue weighted by molar-refractivity contribution is 5.88. The predicted molar refractivity (Wildman–Crippen MR) is 101 cm³/mol. The molecule has 1 saturated carbocycles. The highest BCUT2D eigenvalue weighted by Crippen LogP contribution is 2.38.